The summed E-state index contributed by atoms with van der Waals surface area (Å²) in [5.41, 5.74) is 0. The third-order valence-corrected chi connectivity index (χ3v) is 10.1. The summed E-state index contributed by atoms with van der Waals surface area (Å²) in [6, 6.07) is 0. The van der Waals surface area contributed by atoms with E-state index in [1.165, 1.54) is 141 Å². The van der Waals surface area contributed by atoms with Crippen LogP contribution in [0, 0.1) is 5.92 Å². The Morgan fingerprint density at radius 3 is 1.45 bits per heavy atom. The molecule has 0 saturated carbocycles. The molecular formula is C45H93NO5. The summed E-state index contributed by atoms with van der Waals surface area (Å²) in [6.07, 6.45) is 36.3. The van der Waals surface area contributed by atoms with Gasteiger partial charge in [-0.1, -0.05) is 176 Å². The molecule has 2 unspecified atom stereocenters. The average Bonchev–Trinajstić information content (AvgIpc) is 3.13. The third kappa shape index (κ3) is 43.6. The van der Waals surface area contributed by atoms with Crippen molar-refractivity contribution in [2.24, 2.45) is 5.92 Å². The Morgan fingerprint density at radius 1 is 0.510 bits per heavy atom. The molecule has 0 rings (SSSR count). The van der Waals surface area contributed by atoms with E-state index < -0.39 is 6.29 Å². The first-order valence-corrected chi connectivity index (χ1v) is 22.8. The summed E-state index contributed by atoms with van der Waals surface area (Å²) in [5, 5.41) is 19.6. The summed E-state index contributed by atoms with van der Waals surface area (Å²) in [6.45, 7) is 15.3. The van der Waals surface area contributed by atoms with Crippen LogP contribution in [0.3, 0.4) is 0 Å². The molecule has 2 atom stereocenters. The van der Waals surface area contributed by atoms with E-state index in [1.54, 1.807) is 0 Å². The highest BCUT2D eigenvalue weighted by Crippen LogP contribution is 2.20. The summed E-state index contributed by atoms with van der Waals surface area (Å²) < 4.78 is 11.3. The van der Waals surface area contributed by atoms with E-state index in [2.05, 4.69) is 39.5 Å². The summed E-state index contributed by atoms with van der Waals surface area (Å²) in [5.74, 6) is 0.491. The second-order valence-corrected chi connectivity index (χ2v) is 15.3. The zero-order chi connectivity index (χ0) is 37.9. The predicted molar refractivity (Wildman–Crippen MR) is 221 cm³/mol. The van der Waals surface area contributed by atoms with Crippen molar-refractivity contribution in [3.8, 4) is 0 Å². The number of esters is 1. The number of hydrogen-bond acceptors (Lipinski definition) is 6. The maximum absolute atomic E-state index is 12.4. The normalized spacial score (nSPS) is 12.5. The van der Waals surface area contributed by atoms with Crippen LogP contribution >= 0.6 is 0 Å². The number of ether oxygens (including phenoxy) is 2. The molecule has 0 spiro atoms. The zero-order valence-electron chi connectivity index (χ0n) is 35.4. The van der Waals surface area contributed by atoms with Crippen LogP contribution in [-0.4, -0.2) is 66.8 Å². The van der Waals surface area contributed by atoms with Crippen molar-refractivity contribution >= 4 is 5.97 Å². The van der Waals surface area contributed by atoms with E-state index in [9.17, 15) is 15.0 Å². The molecule has 0 radical (unpaired) electrons. The van der Waals surface area contributed by atoms with Gasteiger partial charge in [-0.15, -0.1) is 0 Å². The standard InChI is InChI=1S/C39H79NO5.C6H14/c1-4-7-10-13-14-15-17-26-35-44-38(42)29-22-18-24-31-40(33-34-41)32-25-19-23-30-39(43)45-36-37(27-20-12-9-6-3)28-21-16-11-8-5-2;1-3-5-6-4-2/h37-38,41-42H,4-36H2,1-3H3;3-6H2,1-2H3. The van der Waals surface area contributed by atoms with Crippen LogP contribution in [-0.2, 0) is 14.3 Å². The summed E-state index contributed by atoms with van der Waals surface area (Å²) in [7, 11) is 0. The van der Waals surface area contributed by atoms with Gasteiger partial charge in [0.25, 0.3) is 0 Å². The molecule has 0 aromatic rings. The highest BCUT2D eigenvalue weighted by molar-refractivity contribution is 5.69. The lowest BCUT2D eigenvalue weighted by atomic mass is 9.95. The molecule has 2 N–H and O–H groups in total. The van der Waals surface area contributed by atoms with Crippen molar-refractivity contribution < 1.29 is 24.5 Å². The fourth-order valence-electron chi connectivity index (χ4n) is 6.62. The van der Waals surface area contributed by atoms with Crippen LogP contribution in [0.15, 0.2) is 0 Å². The van der Waals surface area contributed by atoms with Crippen LogP contribution < -0.4 is 0 Å². The van der Waals surface area contributed by atoms with Gasteiger partial charge in [0.05, 0.1) is 13.2 Å². The van der Waals surface area contributed by atoms with Crippen molar-refractivity contribution in [2.75, 3.05) is 39.5 Å². The second-order valence-electron chi connectivity index (χ2n) is 15.3. The van der Waals surface area contributed by atoms with Gasteiger partial charge in [0.1, 0.15) is 0 Å². The average molecular weight is 728 g/mol. The molecule has 0 aliphatic rings. The lowest BCUT2D eigenvalue weighted by Crippen LogP contribution is -2.29. The van der Waals surface area contributed by atoms with Gasteiger partial charge in [-0.05, 0) is 70.4 Å². The van der Waals surface area contributed by atoms with Gasteiger partial charge in [0.2, 0.25) is 0 Å². The summed E-state index contributed by atoms with van der Waals surface area (Å²) >= 11 is 0. The minimum absolute atomic E-state index is 0.0317. The molecule has 0 fully saturated rings. The molecule has 6 nitrogen and oxygen atoms in total. The first kappa shape index (κ1) is 52.4. The maximum Gasteiger partial charge on any atom is 0.305 e. The molecule has 51 heavy (non-hydrogen) atoms. The lowest BCUT2D eigenvalue weighted by molar-refractivity contribution is -0.145. The van der Waals surface area contributed by atoms with Crippen molar-refractivity contribution in [1.29, 1.82) is 0 Å². The molecule has 0 aromatic carbocycles. The van der Waals surface area contributed by atoms with Crippen molar-refractivity contribution in [3.05, 3.63) is 0 Å². The highest BCUT2D eigenvalue weighted by atomic mass is 16.6. The first-order chi connectivity index (χ1) is 25.0. The number of carbonyl (C=O) groups is 1. The Bertz CT molecular complexity index is 644. The second kappa shape index (κ2) is 45.5. The molecule has 0 bridgehead atoms. The maximum atomic E-state index is 12.4. The van der Waals surface area contributed by atoms with E-state index in [-0.39, 0.29) is 12.6 Å². The predicted octanol–water partition coefficient (Wildman–Crippen LogP) is 13.0. The molecule has 0 saturated heterocycles. The summed E-state index contributed by atoms with van der Waals surface area (Å²) in [4.78, 5) is 14.8. The Kier molecular flexibility index (Phi) is 46.7. The van der Waals surface area contributed by atoms with E-state index in [0.29, 0.717) is 38.5 Å². The van der Waals surface area contributed by atoms with Crippen LogP contribution in [0.1, 0.15) is 234 Å². The quantitative estimate of drug-likeness (QED) is 0.0372. The molecule has 6 heteroatoms. The van der Waals surface area contributed by atoms with Gasteiger partial charge < -0.3 is 24.6 Å². The van der Waals surface area contributed by atoms with Crippen molar-refractivity contribution in [2.45, 2.75) is 240 Å². The van der Waals surface area contributed by atoms with Gasteiger partial charge in [0, 0.05) is 19.6 Å². The Balaban J connectivity index is 0. The van der Waals surface area contributed by atoms with E-state index in [4.69, 9.17) is 9.47 Å². The third-order valence-electron chi connectivity index (χ3n) is 10.1. The number of carbonyl (C=O) groups excluding carboxylic acids is 1. The number of unbranched alkanes of at least 4 members (excludes halogenated alkanes) is 21. The number of nitrogens with zero attached hydrogens (tertiary/aromatic N) is 1. The van der Waals surface area contributed by atoms with Gasteiger partial charge in [0.15, 0.2) is 6.29 Å². The SMILES string of the molecule is CCCCCC.CCCCCCCCCCOC(O)CCCCCN(CCO)CCCCCC(=O)OCC(CCCCCC)CCCCCCC. The van der Waals surface area contributed by atoms with Crippen LogP contribution in [0.2, 0.25) is 0 Å². The van der Waals surface area contributed by atoms with E-state index in [1.807, 2.05) is 0 Å². The Morgan fingerprint density at radius 2 is 0.922 bits per heavy atom. The fourth-order valence-corrected chi connectivity index (χ4v) is 6.62. The molecule has 0 aliphatic heterocycles. The molecule has 308 valence electrons. The molecule has 0 aromatic heterocycles. The Labute approximate surface area is 320 Å². The smallest absolute Gasteiger partial charge is 0.305 e. The fraction of sp³-hybridized carbons (Fsp3) is 0.978. The minimum Gasteiger partial charge on any atom is -0.465 e. The number of aliphatic hydroxyl groups is 2. The monoisotopic (exact) mass is 728 g/mol. The van der Waals surface area contributed by atoms with Gasteiger partial charge in [-0.3, -0.25) is 4.79 Å². The van der Waals surface area contributed by atoms with Crippen LogP contribution in [0.5, 0.6) is 0 Å². The number of hydrogen-bond donors (Lipinski definition) is 2. The largest absolute Gasteiger partial charge is 0.465 e. The molecule has 0 heterocycles. The Hall–Kier alpha value is -0.690. The van der Waals surface area contributed by atoms with Gasteiger partial charge in [-0.2, -0.15) is 0 Å². The molecule has 0 amide bonds. The number of rotatable bonds is 40. The molecule has 0 aliphatic carbocycles. The minimum atomic E-state index is -0.637. The lowest BCUT2D eigenvalue weighted by Gasteiger charge is -2.21. The van der Waals surface area contributed by atoms with Crippen molar-refractivity contribution in [1.82, 2.24) is 4.90 Å². The van der Waals surface area contributed by atoms with E-state index >= 15 is 0 Å². The number of aliphatic hydroxyl groups excluding tert-OH is 2. The van der Waals surface area contributed by atoms with E-state index in [0.717, 1.165) is 58.0 Å². The van der Waals surface area contributed by atoms with Gasteiger partial charge in [-0.25, -0.2) is 0 Å². The topological polar surface area (TPSA) is 79.2 Å². The highest BCUT2D eigenvalue weighted by Gasteiger charge is 2.13. The zero-order valence-corrected chi connectivity index (χ0v) is 35.4. The van der Waals surface area contributed by atoms with Crippen LogP contribution in [0.4, 0.5) is 0 Å². The molecular weight excluding hydrogens is 634 g/mol. The van der Waals surface area contributed by atoms with Gasteiger partial charge >= 0.3 is 5.97 Å². The first-order valence-electron chi connectivity index (χ1n) is 22.8. The van der Waals surface area contributed by atoms with Crippen LogP contribution in [0.25, 0.3) is 0 Å². The van der Waals surface area contributed by atoms with Crippen molar-refractivity contribution in [3.63, 3.8) is 0 Å².